The smallest absolute Gasteiger partial charge is 0.0387 e. The van der Waals surface area contributed by atoms with Gasteiger partial charge in [-0.05, 0) is 81.6 Å². The summed E-state index contributed by atoms with van der Waals surface area (Å²) in [5, 5.41) is 3.62. The average molecular weight is 440 g/mol. The van der Waals surface area contributed by atoms with Crippen molar-refractivity contribution in [2.24, 2.45) is 0 Å². The van der Waals surface area contributed by atoms with Crippen LogP contribution in [0.1, 0.15) is 37.8 Å². The highest BCUT2D eigenvalue weighted by Gasteiger charge is 2.38. The first-order chi connectivity index (χ1) is 16.6. The summed E-state index contributed by atoms with van der Waals surface area (Å²) in [4.78, 5) is 0. The van der Waals surface area contributed by atoms with E-state index in [-0.39, 0.29) is 5.41 Å². The lowest BCUT2D eigenvalue weighted by molar-refractivity contribution is 0.655. The van der Waals surface area contributed by atoms with Crippen LogP contribution < -0.4 is 5.32 Å². The monoisotopic (exact) mass is 439 g/mol. The van der Waals surface area contributed by atoms with E-state index in [4.69, 9.17) is 0 Å². The molecule has 0 spiro atoms. The summed E-state index contributed by atoms with van der Waals surface area (Å²) in [7, 11) is 0. The van der Waals surface area contributed by atoms with Gasteiger partial charge in [-0.2, -0.15) is 0 Å². The van der Waals surface area contributed by atoms with Crippen LogP contribution in [0.2, 0.25) is 0 Å². The second kappa shape index (κ2) is 8.18. The molecule has 0 fully saturated rings. The summed E-state index contributed by atoms with van der Waals surface area (Å²) in [6.45, 7) is 4.71. The second-order valence-corrected chi connectivity index (χ2v) is 9.84. The van der Waals surface area contributed by atoms with Crippen molar-refractivity contribution in [3.63, 3.8) is 0 Å². The predicted octanol–water partition coefficient (Wildman–Crippen LogP) is 9.16. The van der Waals surface area contributed by atoms with Gasteiger partial charge in [-0.25, -0.2) is 0 Å². The minimum atomic E-state index is 0.0645. The first-order valence-electron chi connectivity index (χ1n) is 12.2. The Labute approximate surface area is 202 Å². The first-order valence-corrected chi connectivity index (χ1v) is 12.2. The summed E-state index contributed by atoms with van der Waals surface area (Å²) in [6.07, 6.45) is 7.16. The Bertz CT molecular complexity index is 1400. The Morgan fingerprint density at radius 3 is 1.82 bits per heavy atom. The van der Waals surface area contributed by atoms with Crippen LogP contribution in [0, 0.1) is 0 Å². The number of nitrogens with one attached hydrogen (secondary N) is 1. The Morgan fingerprint density at radius 1 is 0.588 bits per heavy atom. The van der Waals surface area contributed by atoms with Gasteiger partial charge in [0.25, 0.3) is 0 Å². The summed E-state index contributed by atoms with van der Waals surface area (Å²) in [5.74, 6) is 0. The van der Waals surface area contributed by atoms with E-state index >= 15 is 0 Å². The topological polar surface area (TPSA) is 12.0 Å². The van der Waals surface area contributed by atoms with E-state index in [0.717, 1.165) is 24.2 Å². The fourth-order valence-electron chi connectivity index (χ4n) is 5.44. The van der Waals surface area contributed by atoms with Crippen molar-refractivity contribution >= 4 is 16.9 Å². The maximum Gasteiger partial charge on any atom is 0.0387 e. The van der Waals surface area contributed by atoms with Gasteiger partial charge in [0, 0.05) is 16.8 Å². The molecule has 2 aliphatic carbocycles. The van der Waals surface area contributed by atoms with Gasteiger partial charge >= 0.3 is 0 Å². The zero-order valence-corrected chi connectivity index (χ0v) is 19.8. The third-order valence-electron chi connectivity index (χ3n) is 7.31. The van der Waals surface area contributed by atoms with E-state index in [2.05, 4.69) is 128 Å². The zero-order valence-electron chi connectivity index (χ0n) is 19.8. The lowest BCUT2D eigenvalue weighted by Gasteiger charge is -2.23. The molecule has 1 heteroatoms. The molecule has 6 rings (SSSR count). The van der Waals surface area contributed by atoms with Crippen LogP contribution in [0.4, 0.5) is 11.4 Å². The molecule has 0 atom stereocenters. The molecule has 0 aliphatic heterocycles. The fraction of sp³-hybridized carbons (Fsp3) is 0.152. The molecule has 0 saturated heterocycles. The molecule has 0 saturated carbocycles. The Hall–Kier alpha value is -3.84. The standard InChI is InChI=1S/C33H29N/c1-33(2)31-11-7-6-10-29(31)30-21-20-28(22-32(30)33)34-27-18-16-26(17-19-27)25-14-12-24(13-15-25)23-8-4-3-5-9-23/h3-5,8-22,34H,6-7H2,1-2H3. The molecule has 4 aromatic rings. The van der Waals surface area contributed by atoms with E-state index < -0.39 is 0 Å². The summed E-state index contributed by atoms with van der Waals surface area (Å²) < 4.78 is 0. The molecule has 0 radical (unpaired) electrons. The van der Waals surface area contributed by atoms with Crippen LogP contribution in [-0.4, -0.2) is 0 Å². The molecule has 1 N–H and O–H groups in total. The summed E-state index contributed by atoms with van der Waals surface area (Å²) in [6, 6.07) is 34.9. The van der Waals surface area contributed by atoms with Crippen LogP contribution in [0.3, 0.4) is 0 Å². The first kappa shape index (κ1) is 20.7. The maximum atomic E-state index is 3.62. The van der Waals surface area contributed by atoms with Crippen LogP contribution in [0.25, 0.3) is 27.8 Å². The molecule has 4 aromatic carbocycles. The van der Waals surface area contributed by atoms with Crippen LogP contribution >= 0.6 is 0 Å². The normalized spacial score (nSPS) is 15.7. The van der Waals surface area contributed by atoms with Crippen molar-refractivity contribution in [2.45, 2.75) is 32.1 Å². The highest BCUT2D eigenvalue weighted by atomic mass is 14.9. The van der Waals surface area contributed by atoms with E-state index in [1.165, 1.54) is 44.5 Å². The van der Waals surface area contributed by atoms with Gasteiger partial charge < -0.3 is 5.32 Å². The van der Waals surface area contributed by atoms with Gasteiger partial charge in [-0.15, -0.1) is 0 Å². The number of hydrogen-bond donors (Lipinski definition) is 1. The largest absolute Gasteiger partial charge is 0.356 e. The molecule has 0 bridgehead atoms. The van der Waals surface area contributed by atoms with Crippen molar-refractivity contribution in [1.82, 2.24) is 0 Å². The maximum absolute atomic E-state index is 3.62. The molecule has 0 unspecified atom stereocenters. The third-order valence-corrected chi connectivity index (χ3v) is 7.31. The lowest BCUT2D eigenvalue weighted by atomic mass is 9.80. The summed E-state index contributed by atoms with van der Waals surface area (Å²) >= 11 is 0. The molecular formula is C33H29N. The van der Waals surface area contributed by atoms with Crippen molar-refractivity contribution in [1.29, 1.82) is 0 Å². The van der Waals surface area contributed by atoms with Crippen LogP contribution in [-0.2, 0) is 5.41 Å². The molecule has 0 aromatic heterocycles. The van der Waals surface area contributed by atoms with E-state index in [1.807, 2.05) is 0 Å². The van der Waals surface area contributed by atoms with Gasteiger partial charge in [0.15, 0.2) is 0 Å². The number of fused-ring (bicyclic) bond motifs is 3. The quantitative estimate of drug-likeness (QED) is 0.334. The van der Waals surface area contributed by atoms with Crippen LogP contribution in [0.5, 0.6) is 0 Å². The SMILES string of the molecule is CC1(C)C2=CCCC=C2c2ccc(Nc3ccc(-c4ccc(-c5ccccc5)cc4)cc3)cc21. The minimum absolute atomic E-state index is 0.0645. The Balaban J connectivity index is 1.22. The Morgan fingerprint density at radius 2 is 1.15 bits per heavy atom. The molecule has 1 nitrogen and oxygen atoms in total. The number of rotatable bonds is 4. The van der Waals surface area contributed by atoms with E-state index in [1.54, 1.807) is 0 Å². The number of hydrogen-bond acceptors (Lipinski definition) is 1. The summed E-state index contributed by atoms with van der Waals surface area (Å²) in [5.41, 5.74) is 13.0. The van der Waals surface area contributed by atoms with Gasteiger partial charge in [0.2, 0.25) is 0 Å². The molecule has 0 amide bonds. The lowest BCUT2D eigenvalue weighted by Crippen LogP contribution is -2.16. The molecule has 0 heterocycles. The average Bonchev–Trinajstić information content (AvgIpc) is 3.12. The molecule has 34 heavy (non-hydrogen) atoms. The van der Waals surface area contributed by atoms with Gasteiger partial charge in [-0.3, -0.25) is 0 Å². The van der Waals surface area contributed by atoms with E-state index in [0.29, 0.717) is 0 Å². The van der Waals surface area contributed by atoms with Crippen molar-refractivity contribution in [2.75, 3.05) is 5.32 Å². The van der Waals surface area contributed by atoms with Gasteiger partial charge in [0.05, 0.1) is 0 Å². The highest BCUT2D eigenvalue weighted by molar-refractivity contribution is 5.91. The Kier molecular flexibility index (Phi) is 4.99. The third kappa shape index (κ3) is 3.58. The van der Waals surface area contributed by atoms with Crippen molar-refractivity contribution in [3.8, 4) is 22.3 Å². The predicted molar refractivity (Wildman–Crippen MR) is 145 cm³/mol. The van der Waals surface area contributed by atoms with Crippen molar-refractivity contribution in [3.05, 3.63) is 126 Å². The zero-order chi connectivity index (χ0) is 23.1. The van der Waals surface area contributed by atoms with E-state index in [9.17, 15) is 0 Å². The number of allylic oxidation sites excluding steroid dienone is 4. The van der Waals surface area contributed by atoms with Gasteiger partial charge in [0.1, 0.15) is 0 Å². The van der Waals surface area contributed by atoms with Gasteiger partial charge in [-0.1, -0.05) is 98.8 Å². The number of benzene rings is 4. The minimum Gasteiger partial charge on any atom is -0.356 e. The molecule has 2 aliphatic rings. The second-order valence-electron chi connectivity index (χ2n) is 9.84. The number of anilines is 2. The highest BCUT2D eigenvalue weighted by Crippen LogP contribution is 2.52. The fourth-order valence-corrected chi connectivity index (χ4v) is 5.44. The van der Waals surface area contributed by atoms with Crippen molar-refractivity contribution < 1.29 is 0 Å². The molecular weight excluding hydrogens is 410 g/mol. The van der Waals surface area contributed by atoms with Crippen LogP contribution in [0.15, 0.2) is 115 Å². The molecule has 166 valence electrons.